The van der Waals surface area contributed by atoms with Crippen molar-refractivity contribution < 1.29 is 13.2 Å². The van der Waals surface area contributed by atoms with Gasteiger partial charge in [-0.25, -0.2) is 9.50 Å². The third kappa shape index (κ3) is 3.47. The summed E-state index contributed by atoms with van der Waals surface area (Å²) < 4.78 is 40.9. The molecule has 1 N–H and O–H groups in total. The Balaban J connectivity index is 1.34. The van der Waals surface area contributed by atoms with Gasteiger partial charge >= 0.3 is 6.18 Å². The molecular weight excluding hydrogens is 369 g/mol. The maximum absolute atomic E-state index is 13.1. The Morgan fingerprint density at radius 3 is 2.64 bits per heavy atom. The number of hydrogen-bond acceptors (Lipinski definition) is 4. The number of rotatable bonds is 5. The molecule has 0 aliphatic heterocycles. The Morgan fingerprint density at radius 1 is 1.14 bits per heavy atom. The lowest BCUT2D eigenvalue weighted by Crippen LogP contribution is -2.44. The van der Waals surface area contributed by atoms with Gasteiger partial charge in [-0.2, -0.15) is 13.2 Å². The highest BCUT2D eigenvalue weighted by molar-refractivity contribution is 5.92. The molecular formula is C19H23F3N6. The van der Waals surface area contributed by atoms with Gasteiger partial charge in [0.15, 0.2) is 0 Å². The van der Waals surface area contributed by atoms with Crippen LogP contribution in [-0.4, -0.2) is 55.0 Å². The zero-order valence-corrected chi connectivity index (χ0v) is 15.5. The van der Waals surface area contributed by atoms with E-state index >= 15 is 0 Å². The van der Waals surface area contributed by atoms with Crippen molar-refractivity contribution in [2.24, 2.45) is 5.92 Å². The van der Waals surface area contributed by atoms with Gasteiger partial charge in [0, 0.05) is 30.1 Å². The lowest BCUT2D eigenvalue weighted by Gasteiger charge is -2.37. The molecule has 0 spiro atoms. The first-order valence-electron chi connectivity index (χ1n) is 9.96. The van der Waals surface area contributed by atoms with Gasteiger partial charge in [0.1, 0.15) is 17.5 Å². The summed E-state index contributed by atoms with van der Waals surface area (Å²) in [6.45, 7) is -0.205. The van der Waals surface area contributed by atoms with Gasteiger partial charge in [-0.1, -0.05) is 5.21 Å². The average molecular weight is 392 g/mol. The highest BCUT2D eigenvalue weighted by Gasteiger charge is 2.38. The van der Waals surface area contributed by atoms with Crippen LogP contribution in [0.2, 0.25) is 0 Å². The van der Waals surface area contributed by atoms with Crippen molar-refractivity contribution >= 4 is 16.6 Å². The largest absolute Gasteiger partial charge is 0.401 e. The number of hydrogen-bond donors (Lipinski definition) is 1. The number of nitrogens with zero attached hydrogens (tertiary/aromatic N) is 5. The minimum atomic E-state index is -4.14. The fourth-order valence-corrected chi connectivity index (χ4v) is 4.61. The van der Waals surface area contributed by atoms with Crippen molar-refractivity contribution in [1.82, 2.24) is 29.7 Å². The summed E-state index contributed by atoms with van der Waals surface area (Å²) in [5.74, 6) is 0.679. The lowest BCUT2D eigenvalue weighted by atomic mass is 9.83. The van der Waals surface area contributed by atoms with Gasteiger partial charge in [-0.3, -0.25) is 4.90 Å². The zero-order valence-electron chi connectivity index (χ0n) is 15.5. The van der Waals surface area contributed by atoms with Gasteiger partial charge in [-0.05, 0) is 50.5 Å². The highest BCUT2D eigenvalue weighted by Crippen LogP contribution is 2.39. The Morgan fingerprint density at radius 2 is 1.93 bits per heavy atom. The maximum Gasteiger partial charge on any atom is 0.401 e. The van der Waals surface area contributed by atoms with Crippen LogP contribution >= 0.6 is 0 Å². The monoisotopic (exact) mass is 392 g/mol. The minimum absolute atomic E-state index is 0.00857. The second-order valence-electron chi connectivity index (χ2n) is 8.25. The normalized spacial score (nSPS) is 23.9. The van der Waals surface area contributed by atoms with E-state index in [2.05, 4.69) is 20.3 Å². The van der Waals surface area contributed by atoms with E-state index in [1.807, 2.05) is 12.3 Å². The summed E-state index contributed by atoms with van der Waals surface area (Å²) in [5.41, 5.74) is 2.69. The van der Waals surface area contributed by atoms with Crippen molar-refractivity contribution in [2.45, 2.75) is 56.7 Å². The SMILES string of the molecule is FC(F)(F)CN(CC1CC1)C1CCC(c2nnn3cnc4[nH]ccc4c23)CC1. The van der Waals surface area contributed by atoms with Crippen LogP contribution in [0.4, 0.5) is 13.2 Å². The van der Waals surface area contributed by atoms with E-state index in [9.17, 15) is 13.2 Å². The maximum atomic E-state index is 13.1. The molecule has 2 fully saturated rings. The van der Waals surface area contributed by atoms with Crippen molar-refractivity contribution in [3.63, 3.8) is 0 Å². The third-order valence-electron chi connectivity index (χ3n) is 6.17. The predicted molar refractivity (Wildman–Crippen MR) is 98.0 cm³/mol. The molecule has 0 saturated heterocycles. The first-order chi connectivity index (χ1) is 13.5. The molecule has 3 heterocycles. The molecule has 5 rings (SSSR count). The van der Waals surface area contributed by atoms with Gasteiger partial charge in [0.25, 0.3) is 0 Å². The lowest BCUT2D eigenvalue weighted by molar-refractivity contribution is -0.152. The molecule has 0 unspecified atom stereocenters. The third-order valence-corrected chi connectivity index (χ3v) is 6.17. The Bertz CT molecular complexity index is 965. The molecule has 150 valence electrons. The fourth-order valence-electron chi connectivity index (χ4n) is 4.61. The fraction of sp³-hybridized carbons (Fsp3) is 0.632. The second-order valence-corrected chi connectivity index (χ2v) is 8.25. The summed E-state index contributed by atoms with van der Waals surface area (Å²) in [5, 5.41) is 9.59. The molecule has 3 aromatic heterocycles. The van der Waals surface area contributed by atoms with Gasteiger partial charge in [-0.15, -0.1) is 5.10 Å². The van der Waals surface area contributed by atoms with Gasteiger partial charge < -0.3 is 4.98 Å². The van der Waals surface area contributed by atoms with E-state index in [0.717, 1.165) is 60.8 Å². The van der Waals surface area contributed by atoms with Crippen LogP contribution in [0.5, 0.6) is 0 Å². The molecule has 9 heteroatoms. The van der Waals surface area contributed by atoms with Crippen molar-refractivity contribution in [3.05, 3.63) is 24.3 Å². The predicted octanol–water partition coefficient (Wildman–Crippen LogP) is 3.91. The summed E-state index contributed by atoms with van der Waals surface area (Å²) in [4.78, 5) is 9.11. The molecule has 0 aromatic carbocycles. The number of alkyl halides is 3. The van der Waals surface area contributed by atoms with Crippen LogP contribution in [0.1, 0.15) is 50.1 Å². The molecule has 0 radical (unpaired) electrons. The molecule has 2 aliphatic carbocycles. The summed E-state index contributed by atoms with van der Waals surface area (Å²) in [6, 6.07) is 1.98. The summed E-state index contributed by atoms with van der Waals surface area (Å²) in [6.07, 6.45) is 4.71. The highest BCUT2D eigenvalue weighted by atomic mass is 19.4. The Labute approximate surface area is 160 Å². The quantitative estimate of drug-likeness (QED) is 0.715. The average Bonchev–Trinajstić information content (AvgIpc) is 3.17. The molecule has 0 amide bonds. The van der Waals surface area contributed by atoms with E-state index < -0.39 is 12.7 Å². The first kappa shape index (κ1) is 17.9. The van der Waals surface area contributed by atoms with Crippen LogP contribution in [0, 0.1) is 5.92 Å². The summed E-state index contributed by atoms with van der Waals surface area (Å²) in [7, 11) is 0. The molecule has 28 heavy (non-hydrogen) atoms. The molecule has 0 atom stereocenters. The second kappa shape index (κ2) is 6.72. The number of aromatic amines is 1. The molecule has 3 aromatic rings. The number of nitrogens with one attached hydrogen (secondary N) is 1. The minimum Gasteiger partial charge on any atom is -0.346 e. The van der Waals surface area contributed by atoms with E-state index in [1.54, 1.807) is 15.7 Å². The Hall–Kier alpha value is -2.16. The van der Waals surface area contributed by atoms with Gasteiger partial charge in [0.05, 0.1) is 12.2 Å². The molecule has 0 bridgehead atoms. The molecule has 6 nitrogen and oxygen atoms in total. The number of halogens is 3. The van der Waals surface area contributed by atoms with E-state index in [1.165, 1.54) is 0 Å². The van der Waals surface area contributed by atoms with Crippen LogP contribution in [0.3, 0.4) is 0 Å². The number of aromatic nitrogens is 5. The summed E-state index contributed by atoms with van der Waals surface area (Å²) >= 11 is 0. The number of fused-ring (bicyclic) bond motifs is 3. The molecule has 2 saturated carbocycles. The van der Waals surface area contributed by atoms with Crippen molar-refractivity contribution in [2.75, 3.05) is 13.1 Å². The van der Waals surface area contributed by atoms with E-state index in [-0.39, 0.29) is 12.0 Å². The van der Waals surface area contributed by atoms with Gasteiger partial charge in [0.2, 0.25) is 0 Å². The first-order valence-corrected chi connectivity index (χ1v) is 9.96. The van der Waals surface area contributed by atoms with Crippen LogP contribution in [-0.2, 0) is 0 Å². The van der Waals surface area contributed by atoms with Crippen molar-refractivity contribution in [3.8, 4) is 0 Å². The standard InChI is InChI=1S/C19H23F3N6/c20-19(21,22)10-27(9-12-1-2-12)14-5-3-13(4-6-14)16-17-15-7-8-23-18(15)24-11-28(17)26-25-16/h7-8,11-14,23H,1-6,9-10H2. The molecule has 2 aliphatic rings. The van der Waals surface area contributed by atoms with Crippen molar-refractivity contribution in [1.29, 1.82) is 0 Å². The topological polar surface area (TPSA) is 62.1 Å². The smallest absolute Gasteiger partial charge is 0.346 e. The van der Waals surface area contributed by atoms with Crippen LogP contribution < -0.4 is 0 Å². The number of H-pyrrole nitrogens is 1. The van der Waals surface area contributed by atoms with Crippen LogP contribution in [0.15, 0.2) is 18.6 Å². The van der Waals surface area contributed by atoms with E-state index in [4.69, 9.17) is 0 Å². The van der Waals surface area contributed by atoms with E-state index in [0.29, 0.717) is 12.5 Å². The van der Waals surface area contributed by atoms with Crippen LogP contribution in [0.25, 0.3) is 16.6 Å². The zero-order chi connectivity index (χ0) is 19.3. The Kier molecular flexibility index (Phi) is 4.30.